The van der Waals surface area contributed by atoms with Gasteiger partial charge in [-0.1, -0.05) is 11.6 Å². The number of pyridine rings is 1. The van der Waals surface area contributed by atoms with Crippen molar-refractivity contribution in [1.29, 1.82) is 0 Å². The summed E-state index contributed by atoms with van der Waals surface area (Å²) in [5, 5.41) is 3.30. The Labute approximate surface area is 156 Å². The maximum atomic E-state index is 13.5. The summed E-state index contributed by atoms with van der Waals surface area (Å²) in [5.41, 5.74) is 2.01. The van der Waals surface area contributed by atoms with Crippen molar-refractivity contribution >= 4 is 23.0 Å². The van der Waals surface area contributed by atoms with Gasteiger partial charge in [-0.15, -0.1) is 0 Å². The molecule has 1 atom stereocenters. The number of hydrogen-bond acceptors (Lipinski definition) is 2. The Bertz CT molecular complexity index is 791. The fourth-order valence-electron chi connectivity index (χ4n) is 3.64. The summed E-state index contributed by atoms with van der Waals surface area (Å²) in [7, 11) is 1.62. The number of fused-ring (bicyclic) bond motifs is 1. The molecule has 0 spiro atoms. The third-order valence-electron chi connectivity index (χ3n) is 4.92. The molecule has 2 heterocycles. The minimum absolute atomic E-state index is 0.0555. The SMILES string of the molecule is COCCc1cc(C(=O)NCC2CCCC(F)(F)C2)c2c(Cl)cccn12. The van der Waals surface area contributed by atoms with Crippen molar-refractivity contribution in [3.63, 3.8) is 0 Å². The molecular formula is C19H23ClF2N2O2. The van der Waals surface area contributed by atoms with Gasteiger partial charge in [0.1, 0.15) is 0 Å². The number of amides is 1. The molecule has 0 radical (unpaired) electrons. The van der Waals surface area contributed by atoms with Gasteiger partial charge in [-0.2, -0.15) is 0 Å². The molecule has 1 aliphatic rings. The molecule has 1 aliphatic carbocycles. The fourth-order valence-corrected chi connectivity index (χ4v) is 3.90. The van der Waals surface area contributed by atoms with Crippen molar-refractivity contribution in [3.8, 4) is 0 Å². The van der Waals surface area contributed by atoms with Crippen LogP contribution in [-0.4, -0.2) is 36.5 Å². The number of alkyl halides is 2. The normalized spacial score (nSPS) is 19.6. The standard InChI is InChI=1S/C19H23ClF2N2O2/c1-26-9-6-14-10-15(17-16(20)5-3-8-24(14)17)18(25)23-12-13-4-2-7-19(21,22)11-13/h3,5,8,10,13H,2,4,6-7,9,11-12H2,1H3,(H,23,25). The topological polar surface area (TPSA) is 42.7 Å². The summed E-state index contributed by atoms with van der Waals surface area (Å²) in [6, 6.07) is 5.35. The van der Waals surface area contributed by atoms with E-state index in [9.17, 15) is 13.6 Å². The van der Waals surface area contributed by atoms with E-state index in [-0.39, 0.29) is 31.2 Å². The van der Waals surface area contributed by atoms with Crippen LogP contribution in [0.4, 0.5) is 8.78 Å². The van der Waals surface area contributed by atoms with Gasteiger partial charge >= 0.3 is 0 Å². The van der Waals surface area contributed by atoms with E-state index >= 15 is 0 Å². The molecule has 0 bridgehead atoms. The number of aromatic nitrogens is 1. The minimum Gasteiger partial charge on any atom is -0.384 e. The zero-order valence-electron chi connectivity index (χ0n) is 14.7. The van der Waals surface area contributed by atoms with Crippen LogP contribution in [0.15, 0.2) is 24.4 Å². The summed E-state index contributed by atoms with van der Waals surface area (Å²) in [6.45, 7) is 0.778. The first-order valence-electron chi connectivity index (χ1n) is 8.85. The van der Waals surface area contributed by atoms with Crippen molar-refractivity contribution < 1.29 is 18.3 Å². The second kappa shape index (κ2) is 7.92. The first-order valence-corrected chi connectivity index (χ1v) is 9.22. The molecule has 2 aromatic heterocycles. The fraction of sp³-hybridized carbons (Fsp3) is 0.526. The maximum Gasteiger partial charge on any atom is 0.253 e. The second-order valence-electron chi connectivity index (χ2n) is 6.90. The number of carbonyl (C=O) groups excluding carboxylic acids is 1. The number of nitrogens with zero attached hydrogens (tertiary/aromatic N) is 1. The average Bonchev–Trinajstić information content (AvgIpc) is 2.97. The lowest BCUT2D eigenvalue weighted by Gasteiger charge is -2.28. The van der Waals surface area contributed by atoms with Crippen molar-refractivity contribution in [3.05, 3.63) is 40.7 Å². The summed E-state index contributed by atoms with van der Waals surface area (Å²) in [4.78, 5) is 12.7. The number of hydrogen-bond donors (Lipinski definition) is 1. The van der Waals surface area contributed by atoms with Gasteiger partial charge < -0.3 is 14.5 Å². The number of ether oxygens (including phenoxy) is 1. The van der Waals surface area contributed by atoms with Gasteiger partial charge in [0.2, 0.25) is 5.92 Å². The summed E-state index contributed by atoms with van der Waals surface area (Å²) >= 11 is 6.31. The van der Waals surface area contributed by atoms with Crippen LogP contribution in [0.25, 0.3) is 5.52 Å². The van der Waals surface area contributed by atoms with Gasteiger partial charge in [-0.3, -0.25) is 4.79 Å². The van der Waals surface area contributed by atoms with Gasteiger partial charge in [-0.25, -0.2) is 8.78 Å². The van der Waals surface area contributed by atoms with Crippen LogP contribution in [0.5, 0.6) is 0 Å². The van der Waals surface area contributed by atoms with Crippen LogP contribution >= 0.6 is 11.6 Å². The Morgan fingerprint density at radius 2 is 2.31 bits per heavy atom. The second-order valence-corrected chi connectivity index (χ2v) is 7.30. The van der Waals surface area contributed by atoms with E-state index in [2.05, 4.69) is 5.32 Å². The van der Waals surface area contributed by atoms with Crippen molar-refractivity contribution in [2.75, 3.05) is 20.3 Å². The van der Waals surface area contributed by atoms with E-state index in [1.807, 2.05) is 16.7 Å². The highest BCUT2D eigenvalue weighted by molar-refractivity contribution is 6.34. The Hall–Kier alpha value is -1.66. The largest absolute Gasteiger partial charge is 0.384 e. The molecule has 0 aliphatic heterocycles. The molecule has 1 amide bonds. The summed E-state index contributed by atoms with van der Waals surface area (Å²) < 4.78 is 34.1. The first kappa shape index (κ1) is 19.1. The molecule has 26 heavy (non-hydrogen) atoms. The quantitative estimate of drug-likeness (QED) is 0.805. The van der Waals surface area contributed by atoms with Gasteiger partial charge in [0.05, 0.1) is 22.7 Å². The van der Waals surface area contributed by atoms with Crippen molar-refractivity contribution in [2.24, 2.45) is 5.92 Å². The van der Waals surface area contributed by atoms with Gasteiger partial charge in [0.25, 0.3) is 5.91 Å². The Morgan fingerprint density at radius 3 is 3.04 bits per heavy atom. The smallest absolute Gasteiger partial charge is 0.253 e. The van der Waals surface area contributed by atoms with E-state index < -0.39 is 5.92 Å². The zero-order valence-corrected chi connectivity index (χ0v) is 15.5. The zero-order chi connectivity index (χ0) is 18.7. The molecule has 0 saturated heterocycles. The predicted molar refractivity (Wildman–Crippen MR) is 97.2 cm³/mol. The number of nitrogens with one attached hydrogen (secondary N) is 1. The predicted octanol–water partition coefficient (Wildman–Crippen LogP) is 4.34. The Kier molecular flexibility index (Phi) is 5.82. The summed E-state index contributed by atoms with van der Waals surface area (Å²) in [5.74, 6) is -3.10. The maximum absolute atomic E-state index is 13.5. The van der Waals surface area contributed by atoms with E-state index in [1.165, 1.54) is 0 Å². The van der Waals surface area contributed by atoms with Crippen LogP contribution in [-0.2, 0) is 11.2 Å². The third-order valence-corrected chi connectivity index (χ3v) is 5.23. The average molecular weight is 385 g/mol. The molecule has 1 unspecified atom stereocenters. The molecule has 7 heteroatoms. The minimum atomic E-state index is -2.62. The van der Waals surface area contributed by atoms with E-state index in [0.29, 0.717) is 42.0 Å². The lowest BCUT2D eigenvalue weighted by molar-refractivity contribution is -0.0518. The number of carbonyl (C=O) groups is 1. The highest BCUT2D eigenvalue weighted by atomic mass is 35.5. The van der Waals surface area contributed by atoms with Gasteiger partial charge in [0.15, 0.2) is 0 Å². The highest BCUT2D eigenvalue weighted by Gasteiger charge is 2.36. The molecule has 3 rings (SSSR count). The van der Waals surface area contributed by atoms with Crippen molar-refractivity contribution in [1.82, 2.24) is 9.72 Å². The molecule has 142 valence electrons. The molecule has 1 saturated carbocycles. The lowest BCUT2D eigenvalue weighted by Crippen LogP contribution is -2.35. The van der Waals surface area contributed by atoms with Crippen LogP contribution in [0.2, 0.25) is 5.02 Å². The summed E-state index contributed by atoms with van der Waals surface area (Å²) in [6.07, 6.45) is 3.48. The molecule has 2 aromatic rings. The van der Waals surface area contributed by atoms with Crippen molar-refractivity contribution in [2.45, 2.75) is 38.0 Å². The van der Waals surface area contributed by atoms with E-state index in [1.54, 1.807) is 19.2 Å². The monoisotopic (exact) mass is 384 g/mol. The van der Waals surface area contributed by atoms with Gasteiger partial charge in [-0.05, 0) is 37.0 Å². The number of halogens is 3. The van der Waals surface area contributed by atoms with E-state index in [0.717, 1.165) is 5.69 Å². The third kappa shape index (κ3) is 4.18. The molecule has 4 nitrogen and oxygen atoms in total. The van der Waals surface area contributed by atoms with Crippen LogP contribution < -0.4 is 5.32 Å². The Morgan fingerprint density at radius 1 is 1.50 bits per heavy atom. The molecule has 0 aromatic carbocycles. The van der Waals surface area contributed by atoms with Crippen LogP contribution in [0.1, 0.15) is 41.7 Å². The van der Waals surface area contributed by atoms with Crippen LogP contribution in [0, 0.1) is 5.92 Å². The molecule has 1 N–H and O–H groups in total. The van der Waals surface area contributed by atoms with Gasteiger partial charge in [0, 0.05) is 44.8 Å². The first-order chi connectivity index (χ1) is 12.4. The Balaban J connectivity index is 1.77. The molecule has 1 fully saturated rings. The van der Waals surface area contributed by atoms with Crippen LogP contribution in [0.3, 0.4) is 0 Å². The number of rotatable bonds is 6. The molecular weight excluding hydrogens is 362 g/mol. The number of methoxy groups -OCH3 is 1. The highest BCUT2D eigenvalue weighted by Crippen LogP contribution is 2.36. The van der Waals surface area contributed by atoms with E-state index in [4.69, 9.17) is 16.3 Å². The lowest BCUT2D eigenvalue weighted by atomic mass is 9.86.